The minimum Gasteiger partial charge on any atom is -0.494 e. The van der Waals surface area contributed by atoms with E-state index in [1.807, 2.05) is 25.1 Å². The molecule has 78 valence electrons. The molecule has 0 fully saturated rings. The number of imidazole rings is 1. The van der Waals surface area contributed by atoms with Crippen molar-refractivity contribution in [2.24, 2.45) is 0 Å². The van der Waals surface area contributed by atoms with E-state index in [9.17, 15) is 0 Å². The third kappa shape index (κ3) is 2.21. The molecule has 0 bridgehead atoms. The molecule has 4 heteroatoms. The predicted octanol–water partition coefficient (Wildman–Crippen LogP) is 3.24. The lowest BCUT2D eigenvalue weighted by atomic mass is 10.2. The van der Waals surface area contributed by atoms with Gasteiger partial charge in [0, 0.05) is 22.4 Å². The highest BCUT2D eigenvalue weighted by Crippen LogP contribution is 2.29. The Morgan fingerprint density at radius 1 is 1.47 bits per heavy atom. The average Bonchev–Trinajstić information content (AvgIpc) is 2.74. The Labute approximate surface area is 96.6 Å². The molecule has 2 rings (SSSR count). The van der Waals surface area contributed by atoms with Crippen LogP contribution in [-0.2, 0) is 0 Å². The first-order chi connectivity index (χ1) is 7.31. The smallest absolute Gasteiger partial charge is 0.138 e. The molecule has 15 heavy (non-hydrogen) atoms. The van der Waals surface area contributed by atoms with Crippen LogP contribution in [0.2, 0.25) is 0 Å². The van der Waals surface area contributed by atoms with Crippen LogP contribution in [-0.4, -0.2) is 16.6 Å². The zero-order chi connectivity index (χ0) is 10.7. The summed E-state index contributed by atoms with van der Waals surface area (Å²) in [6.45, 7) is 2.63. The standard InChI is InChI=1S/C11H11BrN2O/c1-2-15-8-3-4-10(12)9(7-8)11-13-5-6-14-11/h3-7H,2H2,1H3,(H,13,14). The molecule has 0 aliphatic carbocycles. The number of benzene rings is 1. The molecule has 0 aliphatic heterocycles. The summed E-state index contributed by atoms with van der Waals surface area (Å²) in [5.74, 6) is 1.69. The van der Waals surface area contributed by atoms with Gasteiger partial charge in [-0.15, -0.1) is 0 Å². The molecule has 1 aromatic heterocycles. The number of ether oxygens (including phenoxy) is 1. The van der Waals surface area contributed by atoms with Gasteiger partial charge in [0.25, 0.3) is 0 Å². The van der Waals surface area contributed by atoms with Crippen LogP contribution in [0.1, 0.15) is 6.92 Å². The molecule has 1 heterocycles. The molecule has 0 aliphatic rings. The van der Waals surface area contributed by atoms with Crippen LogP contribution in [0.15, 0.2) is 35.1 Å². The SMILES string of the molecule is CCOc1ccc(Br)c(-c2ncc[nH]2)c1. The molecule has 1 aromatic carbocycles. The van der Waals surface area contributed by atoms with E-state index in [4.69, 9.17) is 4.74 Å². The van der Waals surface area contributed by atoms with Gasteiger partial charge in [-0.25, -0.2) is 4.98 Å². The molecule has 0 unspecified atom stereocenters. The van der Waals surface area contributed by atoms with E-state index in [1.54, 1.807) is 12.4 Å². The van der Waals surface area contributed by atoms with E-state index in [2.05, 4.69) is 25.9 Å². The van der Waals surface area contributed by atoms with Crippen LogP contribution in [0.25, 0.3) is 11.4 Å². The highest BCUT2D eigenvalue weighted by atomic mass is 79.9. The van der Waals surface area contributed by atoms with Crippen LogP contribution < -0.4 is 4.74 Å². The predicted molar refractivity (Wildman–Crippen MR) is 62.9 cm³/mol. The Morgan fingerprint density at radius 2 is 2.33 bits per heavy atom. The van der Waals surface area contributed by atoms with Gasteiger partial charge in [0.1, 0.15) is 11.6 Å². The van der Waals surface area contributed by atoms with E-state index in [0.29, 0.717) is 6.61 Å². The van der Waals surface area contributed by atoms with E-state index in [0.717, 1.165) is 21.6 Å². The zero-order valence-electron chi connectivity index (χ0n) is 8.33. The number of hydrogen-bond acceptors (Lipinski definition) is 2. The molecule has 1 N–H and O–H groups in total. The fourth-order valence-electron chi connectivity index (χ4n) is 1.35. The van der Waals surface area contributed by atoms with Crippen molar-refractivity contribution < 1.29 is 4.74 Å². The van der Waals surface area contributed by atoms with Crippen LogP contribution in [0.5, 0.6) is 5.75 Å². The Bertz CT molecular complexity index is 440. The van der Waals surface area contributed by atoms with Crippen molar-refractivity contribution in [2.75, 3.05) is 6.61 Å². The van der Waals surface area contributed by atoms with Crippen LogP contribution in [0, 0.1) is 0 Å². The van der Waals surface area contributed by atoms with Gasteiger partial charge in [0.2, 0.25) is 0 Å². The Morgan fingerprint density at radius 3 is 3.00 bits per heavy atom. The summed E-state index contributed by atoms with van der Waals surface area (Å²) in [6, 6.07) is 5.86. The number of hydrogen-bond donors (Lipinski definition) is 1. The van der Waals surface area contributed by atoms with Gasteiger partial charge >= 0.3 is 0 Å². The zero-order valence-corrected chi connectivity index (χ0v) is 9.91. The van der Waals surface area contributed by atoms with Gasteiger partial charge in [-0.1, -0.05) is 15.9 Å². The average molecular weight is 267 g/mol. The monoisotopic (exact) mass is 266 g/mol. The maximum absolute atomic E-state index is 5.44. The summed E-state index contributed by atoms with van der Waals surface area (Å²) in [6.07, 6.45) is 3.53. The summed E-state index contributed by atoms with van der Waals surface area (Å²) in [5, 5.41) is 0. The maximum Gasteiger partial charge on any atom is 0.138 e. The lowest BCUT2D eigenvalue weighted by Crippen LogP contribution is -1.92. The largest absolute Gasteiger partial charge is 0.494 e. The van der Waals surface area contributed by atoms with Crippen molar-refractivity contribution in [2.45, 2.75) is 6.92 Å². The van der Waals surface area contributed by atoms with E-state index < -0.39 is 0 Å². The summed E-state index contributed by atoms with van der Waals surface area (Å²) >= 11 is 3.49. The Kier molecular flexibility index (Phi) is 3.06. The van der Waals surface area contributed by atoms with Crippen molar-refractivity contribution in [3.63, 3.8) is 0 Å². The van der Waals surface area contributed by atoms with Gasteiger partial charge in [-0.2, -0.15) is 0 Å². The second-order valence-electron chi connectivity index (χ2n) is 3.01. The highest BCUT2D eigenvalue weighted by molar-refractivity contribution is 9.10. The fourth-order valence-corrected chi connectivity index (χ4v) is 1.79. The Balaban J connectivity index is 2.41. The molecule has 2 aromatic rings. The quantitative estimate of drug-likeness (QED) is 0.927. The molecule has 0 amide bonds. The van der Waals surface area contributed by atoms with Crippen molar-refractivity contribution in [3.05, 3.63) is 35.1 Å². The minimum atomic E-state index is 0.666. The third-order valence-electron chi connectivity index (χ3n) is 2.00. The van der Waals surface area contributed by atoms with Gasteiger partial charge in [0.15, 0.2) is 0 Å². The number of nitrogens with zero attached hydrogens (tertiary/aromatic N) is 1. The first kappa shape index (κ1) is 10.2. The molecular weight excluding hydrogens is 256 g/mol. The van der Waals surface area contributed by atoms with Crippen LogP contribution in [0.4, 0.5) is 0 Å². The van der Waals surface area contributed by atoms with Crippen molar-refractivity contribution in [1.29, 1.82) is 0 Å². The van der Waals surface area contributed by atoms with Crippen LogP contribution in [0.3, 0.4) is 0 Å². The Hall–Kier alpha value is -1.29. The van der Waals surface area contributed by atoms with Crippen molar-refractivity contribution in [1.82, 2.24) is 9.97 Å². The molecule has 0 saturated heterocycles. The van der Waals surface area contributed by atoms with Gasteiger partial charge in [0.05, 0.1) is 6.61 Å². The maximum atomic E-state index is 5.44. The lowest BCUT2D eigenvalue weighted by Gasteiger charge is -2.06. The summed E-state index contributed by atoms with van der Waals surface area (Å²) < 4.78 is 6.44. The van der Waals surface area contributed by atoms with Gasteiger partial charge in [-0.3, -0.25) is 0 Å². The van der Waals surface area contributed by atoms with Crippen molar-refractivity contribution in [3.8, 4) is 17.1 Å². The number of nitrogens with one attached hydrogen (secondary N) is 1. The summed E-state index contributed by atoms with van der Waals surface area (Å²) in [5.41, 5.74) is 1.01. The lowest BCUT2D eigenvalue weighted by molar-refractivity contribution is 0.340. The molecule has 3 nitrogen and oxygen atoms in total. The molecule has 0 radical (unpaired) electrons. The normalized spacial score (nSPS) is 10.3. The summed E-state index contributed by atoms with van der Waals surface area (Å²) in [7, 11) is 0. The molecular formula is C11H11BrN2O. The van der Waals surface area contributed by atoms with E-state index >= 15 is 0 Å². The second kappa shape index (κ2) is 4.49. The first-order valence-corrected chi connectivity index (χ1v) is 5.52. The number of aromatic nitrogens is 2. The molecule has 0 atom stereocenters. The highest BCUT2D eigenvalue weighted by Gasteiger charge is 2.06. The van der Waals surface area contributed by atoms with Crippen LogP contribution >= 0.6 is 15.9 Å². The minimum absolute atomic E-state index is 0.666. The topological polar surface area (TPSA) is 37.9 Å². The van der Waals surface area contributed by atoms with Crippen molar-refractivity contribution >= 4 is 15.9 Å². The van der Waals surface area contributed by atoms with E-state index in [1.165, 1.54) is 0 Å². The molecule has 0 spiro atoms. The third-order valence-corrected chi connectivity index (χ3v) is 2.69. The first-order valence-electron chi connectivity index (χ1n) is 4.73. The fraction of sp³-hybridized carbons (Fsp3) is 0.182. The summed E-state index contributed by atoms with van der Waals surface area (Å²) in [4.78, 5) is 7.27. The van der Waals surface area contributed by atoms with E-state index in [-0.39, 0.29) is 0 Å². The molecule has 0 saturated carbocycles. The van der Waals surface area contributed by atoms with Gasteiger partial charge < -0.3 is 9.72 Å². The number of H-pyrrole nitrogens is 1. The van der Waals surface area contributed by atoms with Gasteiger partial charge in [-0.05, 0) is 25.1 Å². The second-order valence-corrected chi connectivity index (χ2v) is 3.87. The number of halogens is 1. The number of aromatic amines is 1. The number of rotatable bonds is 3.